The molecule has 0 radical (unpaired) electrons. The standard InChI is InChI=1S/C15H18BrCl2N3/c1-4-19-12(14-10(17)6-5-7-11(14)18)8-13-15(16)9(2)20-21(13)3/h5-7,12,19H,4,8H2,1-3H3. The van der Waals surface area contributed by atoms with Crippen molar-refractivity contribution in [2.24, 2.45) is 7.05 Å². The highest BCUT2D eigenvalue weighted by molar-refractivity contribution is 9.10. The average molecular weight is 391 g/mol. The topological polar surface area (TPSA) is 29.9 Å². The number of halogens is 3. The number of likely N-dealkylation sites (N-methyl/N-ethyl adjacent to an activating group) is 1. The monoisotopic (exact) mass is 389 g/mol. The molecule has 3 nitrogen and oxygen atoms in total. The summed E-state index contributed by atoms with van der Waals surface area (Å²) in [6.07, 6.45) is 0.759. The first-order valence-corrected chi connectivity index (χ1v) is 8.35. The van der Waals surface area contributed by atoms with Crippen LogP contribution in [0.1, 0.15) is 29.9 Å². The Hall–Kier alpha value is -0.550. The average Bonchev–Trinajstić information content (AvgIpc) is 2.65. The van der Waals surface area contributed by atoms with Gasteiger partial charge in [-0.15, -0.1) is 0 Å². The summed E-state index contributed by atoms with van der Waals surface area (Å²) in [4.78, 5) is 0. The number of benzene rings is 1. The third kappa shape index (κ3) is 3.62. The molecule has 0 saturated heterocycles. The molecule has 1 unspecified atom stereocenters. The Kier molecular flexibility index (Phi) is 5.72. The SMILES string of the molecule is CCNC(Cc1c(Br)c(C)nn1C)c1c(Cl)cccc1Cl. The second kappa shape index (κ2) is 7.14. The van der Waals surface area contributed by atoms with Crippen molar-refractivity contribution in [1.29, 1.82) is 0 Å². The molecule has 0 fully saturated rings. The molecule has 0 aliphatic rings. The number of aryl methyl sites for hydroxylation is 2. The van der Waals surface area contributed by atoms with Crippen LogP contribution >= 0.6 is 39.1 Å². The first-order valence-electron chi connectivity index (χ1n) is 6.81. The zero-order valence-electron chi connectivity index (χ0n) is 12.3. The van der Waals surface area contributed by atoms with Gasteiger partial charge >= 0.3 is 0 Å². The van der Waals surface area contributed by atoms with Gasteiger partial charge in [-0.3, -0.25) is 4.68 Å². The van der Waals surface area contributed by atoms with Gasteiger partial charge in [0.2, 0.25) is 0 Å². The van der Waals surface area contributed by atoms with E-state index < -0.39 is 0 Å². The molecule has 1 aromatic heterocycles. The molecule has 0 spiro atoms. The lowest BCUT2D eigenvalue weighted by Gasteiger charge is -2.21. The van der Waals surface area contributed by atoms with Crippen LogP contribution in [0.2, 0.25) is 10.0 Å². The van der Waals surface area contributed by atoms with Gasteiger partial charge in [0, 0.05) is 35.1 Å². The minimum Gasteiger partial charge on any atom is -0.310 e. The van der Waals surface area contributed by atoms with Gasteiger partial charge in [0.25, 0.3) is 0 Å². The van der Waals surface area contributed by atoms with Crippen LogP contribution in [-0.4, -0.2) is 16.3 Å². The van der Waals surface area contributed by atoms with Gasteiger partial charge in [-0.1, -0.05) is 36.2 Å². The fourth-order valence-electron chi connectivity index (χ4n) is 2.46. The van der Waals surface area contributed by atoms with Crippen LogP contribution in [0, 0.1) is 6.92 Å². The maximum atomic E-state index is 6.35. The molecule has 1 aromatic carbocycles. The van der Waals surface area contributed by atoms with Crippen LogP contribution in [-0.2, 0) is 13.5 Å². The Morgan fingerprint density at radius 1 is 1.33 bits per heavy atom. The maximum absolute atomic E-state index is 6.35. The molecule has 1 heterocycles. The molecule has 2 aromatic rings. The molecule has 0 saturated carbocycles. The Labute approximate surface area is 143 Å². The van der Waals surface area contributed by atoms with Gasteiger partial charge < -0.3 is 5.32 Å². The van der Waals surface area contributed by atoms with Gasteiger partial charge in [-0.25, -0.2) is 0 Å². The lowest BCUT2D eigenvalue weighted by atomic mass is 10.0. The molecule has 0 aliphatic carbocycles. The van der Waals surface area contributed by atoms with Crippen molar-refractivity contribution in [3.8, 4) is 0 Å². The number of hydrogen-bond donors (Lipinski definition) is 1. The second-order valence-electron chi connectivity index (χ2n) is 4.92. The zero-order valence-corrected chi connectivity index (χ0v) is 15.3. The van der Waals surface area contributed by atoms with Crippen molar-refractivity contribution < 1.29 is 0 Å². The molecule has 114 valence electrons. The van der Waals surface area contributed by atoms with Crippen LogP contribution in [0.25, 0.3) is 0 Å². The highest BCUT2D eigenvalue weighted by Gasteiger charge is 2.21. The van der Waals surface area contributed by atoms with E-state index in [1.54, 1.807) is 0 Å². The molecule has 0 amide bonds. The zero-order chi connectivity index (χ0) is 15.6. The van der Waals surface area contributed by atoms with Crippen molar-refractivity contribution >= 4 is 39.1 Å². The summed E-state index contributed by atoms with van der Waals surface area (Å²) < 4.78 is 2.94. The van der Waals surface area contributed by atoms with Crippen LogP contribution in [0.15, 0.2) is 22.7 Å². The van der Waals surface area contributed by atoms with Gasteiger partial charge in [-0.2, -0.15) is 5.10 Å². The minimum atomic E-state index is 0.0438. The largest absolute Gasteiger partial charge is 0.310 e. The summed E-state index contributed by atoms with van der Waals surface area (Å²) in [5.41, 5.74) is 3.04. The Morgan fingerprint density at radius 2 is 1.95 bits per heavy atom. The van der Waals surface area contributed by atoms with E-state index in [1.807, 2.05) is 36.9 Å². The lowest BCUT2D eigenvalue weighted by molar-refractivity contribution is 0.528. The van der Waals surface area contributed by atoms with Crippen LogP contribution in [0.3, 0.4) is 0 Å². The van der Waals surface area contributed by atoms with Crippen molar-refractivity contribution in [3.63, 3.8) is 0 Å². The van der Waals surface area contributed by atoms with E-state index >= 15 is 0 Å². The third-order valence-electron chi connectivity index (χ3n) is 3.46. The Balaban J connectivity index is 2.40. The van der Waals surface area contributed by atoms with Gasteiger partial charge in [0.05, 0.1) is 15.9 Å². The number of nitrogens with zero attached hydrogens (tertiary/aromatic N) is 2. The highest BCUT2D eigenvalue weighted by atomic mass is 79.9. The fourth-order valence-corrected chi connectivity index (χ4v) is 3.62. The highest BCUT2D eigenvalue weighted by Crippen LogP contribution is 2.33. The smallest absolute Gasteiger partial charge is 0.0738 e. The normalized spacial score (nSPS) is 12.7. The van der Waals surface area contributed by atoms with Crippen molar-refractivity contribution in [1.82, 2.24) is 15.1 Å². The molecule has 2 rings (SSSR count). The summed E-state index contributed by atoms with van der Waals surface area (Å²) in [6, 6.07) is 5.65. The minimum absolute atomic E-state index is 0.0438. The van der Waals surface area contributed by atoms with Gasteiger partial charge in [0.1, 0.15) is 0 Å². The molecular formula is C15H18BrCl2N3. The van der Waals surface area contributed by atoms with E-state index in [0.717, 1.165) is 34.4 Å². The van der Waals surface area contributed by atoms with E-state index in [0.29, 0.717) is 10.0 Å². The van der Waals surface area contributed by atoms with Crippen molar-refractivity contribution in [2.75, 3.05) is 6.54 Å². The van der Waals surface area contributed by atoms with Gasteiger partial charge in [-0.05, 0) is 41.5 Å². The number of rotatable bonds is 5. The molecule has 0 aliphatic heterocycles. The molecule has 21 heavy (non-hydrogen) atoms. The molecule has 0 bridgehead atoms. The maximum Gasteiger partial charge on any atom is 0.0738 e. The predicted octanol–water partition coefficient (Wildman–Crippen LogP) is 4.69. The lowest BCUT2D eigenvalue weighted by Crippen LogP contribution is -2.24. The number of aromatic nitrogens is 2. The molecular weight excluding hydrogens is 373 g/mol. The summed E-state index contributed by atoms with van der Waals surface area (Å²) in [7, 11) is 1.95. The van der Waals surface area contributed by atoms with E-state index in [9.17, 15) is 0 Å². The van der Waals surface area contributed by atoms with Crippen LogP contribution in [0.5, 0.6) is 0 Å². The van der Waals surface area contributed by atoms with Crippen molar-refractivity contribution in [2.45, 2.75) is 26.3 Å². The fraction of sp³-hybridized carbons (Fsp3) is 0.400. The summed E-state index contributed by atoms with van der Waals surface area (Å²) in [5, 5.41) is 9.27. The second-order valence-corrected chi connectivity index (χ2v) is 6.53. The molecule has 1 N–H and O–H groups in total. The van der Waals surface area contributed by atoms with E-state index in [2.05, 4.69) is 33.3 Å². The Bertz CT molecular complexity index is 620. The van der Waals surface area contributed by atoms with E-state index in [-0.39, 0.29) is 6.04 Å². The number of nitrogens with one attached hydrogen (secondary N) is 1. The summed E-state index contributed by atoms with van der Waals surface area (Å²) in [6.45, 7) is 4.89. The molecule has 1 atom stereocenters. The number of hydrogen-bond acceptors (Lipinski definition) is 2. The van der Waals surface area contributed by atoms with E-state index in [1.165, 1.54) is 0 Å². The van der Waals surface area contributed by atoms with Gasteiger partial charge in [0.15, 0.2) is 0 Å². The first kappa shape index (κ1) is 16.8. The molecule has 6 heteroatoms. The first-order chi connectivity index (χ1) is 9.95. The summed E-state index contributed by atoms with van der Waals surface area (Å²) in [5.74, 6) is 0. The van der Waals surface area contributed by atoms with Crippen molar-refractivity contribution in [3.05, 3.63) is 49.7 Å². The quantitative estimate of drug-likeness (QED) is 0.802. The third-order valence-corrected chi connectivity index (χ3v) is 5.15. The predicted molar refractivity (Wildman–Crippen MR) is 92.2 cm³/mol. The Morgan fingerprint density at radius 3 is 2.43 bits per heavy atom. The van der Waals surface area contributed by atoms with Crippen LogP contribution in [0.4, 0.5) is 0 Å². The summed E-state index contributed by atoms with van der Waals surface area (Å²) >= 11 is 16.3. The van der Waals surface area contributed by atoms with Crippen LogP contribution < -0.4 is 5.32 Å². The van der Waals surface area contributed by atoms with E-state index in [4.69, 9.17) is 23.2 Å².